The summed E-state index contributed by atoms with van der Waals surface area (Å²) in [7, 11) is 0. The van der Waals surface area contributed by atoms with Crippen molar-refractivity contribution in [3.8, 4) is 0 Å². The van der Waals surface area contributed by atoms with E-state index in [0.717, 1.165) is 30.7 Å². The summed E-state index contributed by atoms with van der Waals surface area (Å²) in [4.78, 5) is 19.0. The van der Waals surface area contributed by atoms with E-state index in [2.05, 4.69) is 18.0 Å². The van der Waals surface area contributed by atoms with Gasteiger partial charge < -0.3 is 10.6 Å². The predicted molar refractivity (Wildman–Crippen MR) is 85.5 cm³/mol. The normalized spacial score (nSPS) is 21.9. The summed E-state index contributed by atoms with van der Waals surface area (Å²) in [5.41, 5.74) is 10.4. The van der Waals surface area contributed by atoms with E-state index in [0.29, 0.717) is 0 Å². The molecule has 0 spiro atoms. The maximum Gasteiger partial charge on any atom is 0.244 e. The van der Waals surface area contributed by atoms with Crippen molar-refractivity contribution >= 4 is 17.3 Å². The van der Waals surface area contributed by atoms with Gasteiger partial charge in [0.05, 0.1) is 12.1 Å². The van der Waals surface area contributed by atoms with Gasteiger partial charge in [0.2, 0.25) is 5.91 Å². The van der Waals surface area contributed by atoms with Crippen LogP contribution in [-0.4, -0.2) is 23.7 Å². The quantitative estimate of drug-likeness (QED) is 0.926. The first-order chi connectivity index (χ1) is 10.1. The first-order valence-electron chi connectivity index (χ1n) is 7.52. The lowest BCUT2D eigenvalue weighted by molar-refractivity contribution is -0.119. The van der Waals surface area contributed by atoms with E-state index in [4.69, 9.17) is 5.73 Å². The number of para-hydroxylation sites is 1. The topological polar surface area (TPSA) is 58.7 Å². The van der Waals surface area contributed by atoms with E-state index in [1.54, 1.807) is 6.92 Å². The third-order valence-electron chi connectivity index (χ3n) is 4.26. The minimum atomic E-state index is -0.501. The molecule has 1 amide bonds. The van der Waals surface area contributed by atoms with Gasteiger partial charge in [-0.1, -0.05) is 25.1 Å². The molecule has 0 aliphatic carbocycles. The fraction of sp³-hybridized carbons (Fsp3) is 0.412. The molecule has 0 bridgehead atoms. The fourth-order valence-corrected chi connectivity index (χ4v) is 3.06. The molecule has 0 saturated heterocycles. The summed E-state index contributed by atoms with van der Waals surface area (Å²) in [6, 6.07) is 7.58. The average molecular weight is 283 g/mol. The summed E-state index contributed by atoms with van der Waals surface area (Å²) < 4.78 is 0. The van der Waals surface area contributed by atoms with Crippen LogP contribution in [0.25, 0.3) is 0 Å². The molecular formula is C17H21N3O. The Bertz CT molecular complexity index is 631. The highest BCUT2D eigenvalue weighted by molar-refractivity contribution is 6.08. The molecule has 1 aromatic carbocycles. The monoisotopic (exact) mass is 283 g/mol. The Labute approximate surface area is 125 Å². The maximum atomic E-state index is 12.6. The molecule has 2 unspecified atom stereocenters. The number of fused-ring (bicyclic) bond motifs is 1. The maximum absolute atomic E-state index is 12.6. The number of nitrogens with zero attached hydrogens (tertiary/aromatic N) is 2. The van der Waals surface area contributed by atoms with Crippen LogP contribution < -0.4 is 10.6 Å². The zero-order valence-electron chi connectivity index (χ0n) is 12.5. The Balaban J connectivity index is 1.93. The lowest BCUT2D eigenvalue weighted by atomic mass is 10.0. The second kappa shape index (κ2) is 5.45. The molecule has 2 heterocycles. The Morgan fingerprint density at radius 1 is 1.48 bits per heavy atom. The number of anilines is 1. The number of rotatable bonds is 3. The number of hydrogen-bond acceptors (Lipinski definition) is 3. The molecule has 1 aromatic rings. The number of nitrogens with two attached hydrogens (primary N) is 1. The van der Waals surface area contributed by atoms with Crippen molar-refractivity contribution in [1.82, 2.24) is 0 Å². The van der Waals surface area contributed by atoms with Crippen LogP contribution >= 0.6 is 0 Å². The van der Waals surface area contributed by atoms with E-state index in [1.165, 1.54) is 11.1 Å². The Morgan fingerprint density at radius 3 is 2.90 bits per heavy atom. The number of carbonyl (C=O) groups is 1. The molecule has 4 heteroatoms. The number of aliphatic imine (C=N–C) groups is 1. The summed E-state index contributed by atoms with van der Waals surface area (Å²) in [6.07, 6.45) is 4.66. The van der Waals surface area contributed by atoms with Crippen molar-refractivity contribution in [3.63, 3.8) is 0 Å². The Morgan fingerprint density at radius 2 is 2.24 bits per heavy atom. The van der Waals surface area contributed by atoms with Crippen LogP contribution in [0.4, 0.5) is 5.69 Å². The van der Waals surface area contributed by atoms with Gasteiger partial charge in [0.25, 0.3) is 0 Å². The van der Waals surface area contributed by atoms with Gasteiger partial charge in [0.1, 0.15) is 0 Å². The van der Waals surface area contributed by atoms with Gasteiger partial charge in [-0.3, -0.25) is 9.79 Å². The molecule has 21 heavy (non-hydrogen) atoms. The Hall–Kier alpha value is -1.94. The van der Waals surface area contributed by atoms with Gasteiger partial charge >= 0.3 is 0 Å². The van der Waals surface area contributed by atoms with Crippen molar-refractivity contribution in [1.29, 1.82) is 0 Å². The van der Waals surface area contributed by atoms with Crippen LogP contribution in [0.5, 0.6) is 0 Å². The number of hydrogen-bond donors (Lipinski definition) is 1. The standard InChI is InChI=1S/C17H21N3O/c1-3-12-8-14(19-10-12)16-9-13-6-4-5-7-15(13)20(16)17(21)11(2)18/h4-7,10-11,16H,3,8-9,18H2,1-2H3. The van der Waals surface area contributed by atoms with E-state index >= 15 is 0 Å². The molecule has 2 aliphatic rings. The van der Waals surface area contributed by atoms with Gasteiger partial charge in [-0.05, 0) is 30.5 Å². The van der Waals surface area contributed by atoms with E-state index in [9.17, 15) is 4.79 Å². The largest absolute Gasteiger partial charge is 0.320 e. The summed E-state index contributed by atoms with van der Waals surface area (Å²) in [5.74, 6) is -0.0300. The molecular weight excluding hydrogens is 262 g/mol. The SMILES string of the molecule is CCC1=CN=C(C2Cc3ccccc3N2C(=O)C(C)N)C1. The zero-order chi connectivity index (χ0) is 15.0. The highest BCUT2D eigenvalue weighted by Gasteiger charge is 2.38. The number of carbonyl (C=O) groups excluding carboxylic acids is 1. The van der Waals surface area contributed by atoms with Gasteiger partial charge in [0, 0.05) is 30.4 Å². The summed E-state index contributed by atoms with van der Waals surface area (Å²) in [6.45, 7) is 3.88. The van der Waals surface area contributed by atoms with Crippen molar-refractivity contribution < 1.29 is 4.79 Å². The first kappa shape index (κ1) is 14.0. The average Bonchev–Trinajstić information content (AvgIpc) is 3.10. The van der Waals surface area contributed by atoms with Gasteiger partial charge in [-0.25, -0.2) is 0 Å². The minimum absolute atomic E-state index is 0.0150. The molecule has 0 saturated carbocycles. The van der Waals surface area contributed by atoms with Crippen LogP contribution in [0.15, 0.2) is 41.0 Å². The molecule has 2 N–H and O–H groups in total. The van der Waals surface area contributed by atoms with Crippen molar-refractivity contribution in [3.05, 3.63) is 41.6 Å². The lowest BCUT2D eigenvalue weighted by Gasteiger charge is -2.27. The van der Waals surface area contributed by atoms with Gasteiger partial charge in [0.15, 0.2) is 0 Å². The molecule has 4 nitrogen and oxygen atoms in total. The number of allylic oxidation sites excluding steroid dienone is 1. The van der Waals surface area contributed by atoms with Crippen LogP contribution in [-0.2, 0) is 11.2 Å². The van der Waals surface area contributed by atoms with Crippen LogP contribution in [0.3, 0.4) is 0 Å². The van der Waals surface area contributed by atoms with Gasteiger partial charge in [-0.15, -0.1) is 0 Å². The highest BCUT2D eigenvalue weighted by atomic mass is 16.2. The zero-order valence-corrected chi connectivity index (χ0v) is 12.5. The molecule has 3 rings (SSSR count). The van der Waals surface area contributed by atoms with E-state index < -0.39 is 6.04 Å². The predicted octanol–water partition coefficient (Wildman–Crippen LogP) is 2.43. The summed E-state index contributed by atoms with van der Waals surface area (Å²) in [5, 5.41) is 0. The molecule has 110 valence electrons. The fourth-order valence-electron chi connectivity index (χ4n) is 3.06. The number of benzene rings is 1. The molecule has 2 aliphatic heterocycles. The third kappa shape index (κ3) is 2.40. The Kier molecular flexibility index (Phi) is 3.64. The second-order valence-corrected chi connectivity index (χ2v) is 5.78. The van der Waals surface area contributed by atoms with Crippen LogP contribution in [0.2, 0.25) is 0 Å². The third-order valence-corrected chi connectivity index (χ3v) is 4.26. The van der Waals surface area contributed by atoms with Crippen LogP contribution in [0.1, 0.15) is 32.3 Å². The van der Waals surface area contributed by atoms with Gasteiger partial charge in [-0.2, -0.15) is 0 Å². The van der Waals surface area contributed by atoms with E-state index in [-0.39, 0.29) is 11.9 Å². The summed E-state index contributed by atoms with van der Waals surface area (Å²) >= 11 is 0. The molecule has 2 atom stereocenters. The molecule has 0 radical (unpaired) electrons. The van der Waals surface area contributed by atoms with Crippen molar-refractivity contribution in [2.75, 3.05) is 4.90 Å². The van der Waals surface area contributed by atoms with Crippen molar-refractivity contribution in [2.45, 2.75) is 45.2 Å². The van der Waals surface area contributed by atoms with Crippen LogP contribution in [0, 0.1) is 0 Å². The lowest BCUT2D eigenvalue weighted by Crippen LogP contribution is -2.49. The highest BCUT2D eigenvalue weighted by Crippen LogP contribution is 2.35. The number of amides is 1. The minimum Gasteiger partial charge on any atom is -0.320 e. The second-order valence-electron chi connectivity index (χ2n) is 5.78. The molecule has 0 aromatic heterocycles. The smallest absolute Gasteiger partial charge is 0.244 e. The van der Waals surface area contributed by atoms with Crippen molar-refractivity contribution in [2.24, 2.45) is 10.7 Å². The molecule has 0 fully saturated rings. The first-order valence-corrected chi connectivity index (χ1v) is 7.52. The van der Waals surface area contributed by atoms with E-state index in [1.807, 2.05) is 29.3 Å².